The summed E-state index contributed by atoms with van der Waals surface area (Å²) in [5.41, 5.74) is 1.09. The van der Waals surface area contributed by atoms with Crippen LogP contribution in [0, 0.1) is 0 Å². The summed E-state index contributed by atoms with van der Waals surface area (Å²) in [5, 5.41) is 3.48. The first-order valence-electron chi connectivity index (χ1n) is 6.14. The van der Waals surface area contributed by atoms with Crippen molar-refractivity contribution in [1.29, 1.82) is 0 Å². The zero-order chi connectivity index (χ0) is 13.2. The quantitative estimate of drug-likeness (QED) is 0.893. The van der Waals surface area contributed by atoms with Crippen LogP contribution in [0.15, 0.2) is 18.2 Å². The molecule has 1 aliphatic rings. The number of ether oxygens (including phenoxy) is 3. The molecular formula is C14H21NO3. The lowest BCUT2D eigenvalue weighted by Crippen LogP contribution is -2.50. The molecule has 0 aliphatic carbocycles. The Kier molecular flexibility index (Phi) is 3.78. The van der Waals surface area contributed by atoms with Gasteiger partial charge < -0.3 is 19.5 Å². The summed E-state index contributed by atoms with van der Waals surface area (Å²) in [5.74, 6) is 1.60. The Balaban J connectivity index is 2.18. The molecular weight excluding hydrogens is 230 g/mol. The smallest absolute Gasteiger partial charge is 0.128 e. The third kappa shape index (κ3) is 2.76. The SMILES string of the molecule is COc1ccc(C2CNC(C)(C)CO2)c(OC)c1. The van der Waals surface area contributed by atoms with E-state index in [1.807, 2.05) is 18.2 Å². The highest BCUT2D eigenvalue weighted by molar-refractivity contribution is 5.42. The maximum absolute atomic E-state index is 5.91. The largest absolute Gasteiger partial charge is 0.497 e. The molecule has 1 aromatic rings. The maximum Gasteiger partial charge on any atom is 0.128 e. The van der Waals surface area contributed by atoms with Gasteiger partial charge in [0.2, 0.25) is 0 Å². The Bertz CT molecular complexity index is 408. The first-order valence-corrected chi connectivity index (χ1v) is 6.14. The molecule has 1 heterocycles. The monoisotopic (exact) mass is 251 g/mol. The molecule has 1 aliphatic heterocycles. The third-order valence-electron chi connectivity index (χ3n) is 3.20. The van der Waals surface area contributed by atoms with Gasteiger partial charge in [-0.2, -0.15) is 0 Å². The van der Waals surface area contributed by atoms with E-state index in [4.69, 9.17) is 14.2 Å². The minimum absolute atomic E-state index is 0.0267. The summed E-state index contributed by atoms with van der Waals surface area (Å²) in [6.45, 7) is 5.74. The number of hydrogen-bond donors (Lipinski definition) is 1. The lowest BCUT2D eigenvalue weighted by molar-refractivity contribution is -0.0238. The molecule has 100 valence electrons. The van der Waals surface area contributed by atoms with Gasteiger partial charge in [-0.1, -0.05) is 0 Å². The van der Waals surface area contributed by atoms with Gasteiger partial charge in [0, 0.05) is 23.7 Å². The maximum atomic E-state index is 5.91. The minimum Gasteiger partial charge on any atom is -0.497 e. The van der Waals surface area contributed by atoms with E-state index in [1.54, 1.807) is 14.2 Å². The van der Waals surface area contributed by atoms with Crippen LogP contribution in [-0.4, -0.2) is 32.9 Å². The number of rotatable bonds is 3. The highest BCUT2D eigenvalue weighted by Gasteiger charge is 2.29. The van der Waals surface area contributed by atoms with Crippen molar-refractivity contribution in [3.05, 3.63) is 23.8 Å². The van der Waals surface area contributed by atoms with Crippen LogP contribution in [0.1, 0.15) is 25.5 Å². The number of hydrogen-bond acceptors (Lipinski definition) is 4. The lowest BCUT2D eigenvalue weighted by atomic mass is 10.0. The van der Waals surface area contributed by atoms with Gasteiger partial charge in [0.05, 0.1) is 26.9 Å². The summed E-state index contributed by atoms with van der Waals surface area (Å²) in [7, 11) is 3.31. The zero-order valence-electron chi connectivity index (χ0n) is 11.4. The van der Waals surface area contributed by atoms with Crippen LogP contribution in [0.5, 0.6) is 11.5 Å². The van der Waals surface area contributed by atoms with Crippen LogP contribution in [0.4, 0.5) is 0 Å². The van der Waals surface area contributed by atoms with Gasteiger partial charge in [0.15, 0.2) is 0 Å². The zero-order valence-corrected chi connectivity index (χ0v) is 11.4. The first kappa shape index (κ1) is 13.2. The van der Waals surface area contributed by atoms with Gasteiger partial charge in [-0.05, 0) is 26.0 Å². The van der Waals surface area contributed by atoms with E-state index in [2.05, 4.69) is 19.2 Å². The molecule has 18 heavy (non-hydrogen) atoms. The van der Waals surface area contributed by atoms with E-state index in [-0.39, 0.29) is 11.6 Å². The van der Waals surface area contributed by atoms with E-state index >= 15 is 0 Å². The number of methoxy groups -OCH3 is 2. The molecule has 2 rings (SSSR count). The molecule has 1 fully saturated rings. The second kappa shape index (κ2) is 5.16. The summed E-state index contributed by atoms with van der Waals surface area (Å²) in [4.78, 5) is 0. The molecule has 0 radical (unpaired) electrons. The van der Waals surface area contributed by atoms with Gasteiger partial charge in [-0.25, -0.2) is 0 Å². The van der Waals surface area contributed by atoms with E-state index in [1.165, 1.54) is 0 Å². The molecule has 1 unspecified atom stereocenters. The fourth-order valence-electron chi connectivity index (χ4n) is 2.07. The van der Waals surface area contributed by atoms with Crippen LogP contribution in [0.3, 0.4) is 0 Å². The van der Waals surface area contributed by atoms with Gasteiger partial charge >= 0.3 is 0 Å². The lowest BCUT2D eigenvalue weighted by Gasteiger charge is -2.36. The predicted molar refractivity (Wildman–Crippen MR) is 70.3 cm³/mol. The topological polar surface area (TPSA) is 39.7 Å². The van der Waals surface area contributed by atoms with Crippen LogP contribution in [0.2, 0.25) is 0 Å². The normalized spacial score (nSPS) is 22.6. The molecule has 0 spiro atoms. The molecule has 1 N–H and O–H groups in total. The van der Waals surface area contributed by atoms with Crippen molar-refractivity contribution in [1.82, 2.24) is 5.32 Å². The van der Waals surface area contributed by atoms with E-state index in [0.717, 1.165) is 23.6 Å². The second-order valence-electron chi connectivity index (χ2n) is 5.17. The van der Waals surface area contributed by atoms with Crippen LogP contribution in [-0.2, 0) is 4.74 Å². The van der Waals surface area contributed by atoms with Gasteiger partial charge in [0.1, 0.15) is 11.5 Å². The molecule has 1 aromatic carbocycles. The second-order valence-corrected chi connectivity index (χ2v) is 5.17. The van der Waals surface area contributed by atoms with Crippen LogP contribution >= 0.6 is 0 Å². The van der Waals surface area contributed by atoms with Crippen molar-refractivity contribution in [2.75, 3.05) is 27.4 Å². The Morgan fingerprint density at radius 3 is 2.61 bits per heavy atom. The van der Waals surface area contributed by atoms with Gasteiger partial charge in [-0.3, -0.25) is 0 Å². The summed E-state index contributed by atoms with van der Waals surface area (Å²) < 4.78 is 16.5. The van der Waals surface area contributed by atoms with E-state index in [9.17, 15) is 0 Å². The number of morpholine rings is 1. The van der Waals surface area contributed by atoms with E-state index < -0.39 is 0 Å². The molecule has 1 atom stereocenters. The van der Waals surface area contributed by atoms with Crippen molar-refractivity contribution in [2.24, 2.45) is 0 Å². The Morgan fingerprint density at radius 1 is 1.28 bits per heavy atom. The Labute approximate surface area is 108 Å². The fourth-order valence-corrected chi connectivity index (χ4v) is 2.07. The average Bonchev–Trinajstić information content (AvgIpc) is 2.38. The molecule has 0 bridgehead atoms. The third-order valence-corrected chi connectivity index (χ3v) is 3.20. The molecule has 0 saturated carbocycles. The van der Waals surface area contributed by atoms with Crippen LogP contribution < -0.4 is 14.8 Å². The fraction of sp³-hybridized carbons (Fsp3) is 0.571. The van der Waals surface area contributed by atoms with Crippen molar-refractivity contribution in [3.63, 3.8) is 0 Å². The van der Waals surface area contributed by atoms with Gasteiger partial charge in [-0.15, -0.1) is 0 Å². The van der Waals surface area contributed by atoms with Crippen molar-refractivity contribution < 1.29 is 14.2 Å². The van der Waals surface area contributed by atoms with E-state index in [0.29, 0.717) is 6.61 Å². The highest BCUT2D eigenvalue weighted by Crippen LogP contribution is 2.33. The molecule has 1 saturated heterocycles. The van der Waals surface area contributed by atoms with Crippen molar-refractivity contribution in [2.45, 2.75) is 25.5 Å². The summed E-state index contributed by atoms with van der Waals surface area (Å²) >= 11 is 0. The number of nitrogens with one attached hydrogen (secondary N) is 1. The standard InChI is InChI=1S/C14H21NO3/c1-14(2)9-18-13(8-15-14)11-6-5-10(16-3)7-12(11)17-4/h5-7,13,15H,8-9H2,1-4H3. The highest BCUT2D eigenvalue weighted by atomic mass is 16.5. The number of benzene rings is 1. The van der Waals surface area contributed by atoms with Crippen molar-refractivity contribution in [3.8, 4) is 11.5 Å². The molecule has 0 amide bonds. The van der Waals surface area contributed by atoms with Crippen LogP contribution in [0.25, 0.3) is 0 Å². The summed E-state index contributed by atoms with van der Waals surface area (Å²) in [6, 6.07) is 5.82. The van der Waals surface area contributed by atoms with Crippen molar-refractivity contribution >= 4 is 0 Å². The first-order chi connectivity index (χ1) is 8.55. The molecule has 4 heteroatoms. The molecule has 0 aromatic heterocycles. The predicted octanol–water partition coefficient (Wildman–Crippen LogP) is 2.14. The van der Waals surface area contributed by atoms with Gasteiger partial charge in [0.25, 0.3) is 0 Å². The minimum atomic E-state index is 0.0267. The average molecular weight is 251 g/mol. The summed E-state index contributed by atoms with van der Waals surface area (Å²) in [6.07, 6.45) is 0.0267. The Morgan fingerprint density at radius 2 is 2.06 bits per heavy atom. The molecule has 4 nitrogen and oxygen atoms in total. The Hall–Kier alpha value is -1.26.